The van der Waals surface area contributed by atoms with Crippen LogP contribution >= 0.6 is 0 Å². The molecule has 0 amide bonds. The molecule has 1 aromatic rings. The SMILES string of the molecule is Fc1ccc([C@H](C(F)F)N2CCNCC2)c(F)c1. The zero-order valence-corrected chi connectivity index (χ0v) is 9.67. The van der Waals surface area contributed by atoms with Gasteiger partial charge < -0.3 is 5.32 Å². The molecule has 100 valence electrons. The summed E-state index contributed by atoms with van der Waals surface area (Å²) in [4.78, 5) is 1.53. The van der Waals surface area contributed by atoms with E-state index < -0.39 is 24.1 Å². The quantitative estimate of drug-likeness (QED) is 0.840. The highest BCUT2D eigenvalue weighted by Crippen LogP contribution is 2.29. The van der Waals surface area contributed by atoms with Crippen molar-refractivity contribution >= 4 is 0 Å². The summed E-state index contributed by atoms with van der Waals surface area (Å²) in [5, 5.41) is 3.04. The van der Waals surface area contributed by atoms with Crippen molar-refractivity contribution in [3.63, 3.8) is 0 Å². The normalized spacial score (nSPS) is 19.2. The third-order valence-corrected chi connectivity index (χ3v) is 3.06. The van der Waals surface area contributed by atoms with Gasteiger partial charge in [-0.25, -0.2) is 17.6 Å². The van der Waals surface area contributed by atoms with Gasteiger partial charge in [0.1, 0.15) is 11.6 Å². The zero-order chi connectivity index (χ0) is 13.1. The Morgan fingerprint density at radius 2 is 1.78 bits per heavy atom. The minimum atomic E-state index is -2.71. The summed E-state index contributed by atoms with van der Waals surface area (Å²) < 4.78 is 52.7. The summed E-state index contributed by atoms with van der Waals surface area (Å²) in [7, 11) is 0. The first-order chi connectivity index (χ1) is 8.59. The Morgan fingerprint density at radius 3 is 2.33 bits per heavy atom. The van der Waals surface area contributed by atoms with E-state index in [2.05, 4.69) is 5.32 Å². The van der Waals surface area contributed by atoms with Crippen LogP contribution in [0.25, 0.3) is 0 Å². The number of halogens is 4. The Labute approximate surface area is 103 Å². The molecule has 0 spiro atoms. The van der Waals surface area contributed by atoms with Gasteiger partial charge >= 0.3 is 0 Å². The summed E-state index contributed by atoms with van der Waals surface area (Å²) in [6, 6.07) is 1.44. The van der Waals surface area contributed by atoms with E-state index in [4.69, 9.17) is 0 Å². The van der Waals surface area contributed by atoms with E-state index in [1.807, 2.05) is 0 Å². The van der Waals surface area contributed by atoms with Crippen molar-refractivity contribution in [1.29, 1.82) is 0 Å². The second kappa shape index (κ2) is 5.67. The average Bonchev–Trinajstić information content (AvgIpc) is 2.33. The van der Waals surface area contributed by atoms with Gasteiger partial charge in [0.05, 0.1) is 6.04 Å². The van der Waals surface area contributed by atoms with Crippen molar-refractivity contribution in [1.82, 2.24) is 10.2 Å². The summed E-state index contributed by atoms with van der Waals surface area (Å²) in [6.07, 6.45) is -2.71. The number of piperazine rings is 1. The third-order valence-electron chi connectivity index (χ3n) is 3.06. The molecule has 1 atom stereocenters. The molecule has 0 aliphatic carbocycles. The molecule has 1 aliphatic heterocycles. The molecule has 1 fully saturated rings. The topological polar surface area (TPSA) is 15.3 Å². The lowest BCUT2D eigenvalue weighted by molar-refractivity contribution is 0.0163. The molecule has 1 aliphatic rings. The lowest BCUT2D eigenvalue weighted by Crippen LogP contribution is -2.47. The van der Waals surface area contributed by atoms with Crippen LogP contribution < -0.4 is 5.32 Å². The highest BCUT2D eigenvalue weighted by atomic mass is 19.3. The second-order valence-electron chi connectivity index (χ2n) is 4.23. The summed E-state index contributed by atoms with van der Waals surface area (Å²) in [6.45, 7) is 2.02. The molecule has 0 aromatic heterocycles. The van der Waals surface area contributed by atoms with Crippen molar-refractivity contribution in [3.05, 3.63) is 35.4 Å². The van der Waals surface area contributed by atoms with Crippen LogP contribution in [0.3, 0.4) is 0 Å². The molecule has 1 aromatic carbocycles. The maximum Gasteiger partial charge on any atom is 0.258 e. The van der Waals surface area contributed by atoms with E-state index in [1.165, 1.54) is 4.90 Å². The van der Waals surface area contributed by atoms with Crippen molar-refractivity contribution in [2.75, 3.05) is 26.2 Å². The van der Waals surface area contributed by atoms with Gasteiger partial charge in [-0.15, -0.1) is 0 Å². The molecule has 0 saturated carbocycles. The molecule has 6 heteroatoms. The number of nitrogens with zero attached hydrogens (tertiary/aromatic N) is 1. The molecule has 2 rings (SSSR count). The van der Waals surface area contributed by atoms with Crippen LogP contribution in [0, 0.1) is 11.6 Å². The fraction of sp³-hybridized carbons (Fsp3) is 0.500. The monoisotopic (exact) mass is 262 g/mol. The van der Waals surface area contributed by atoms with Gasteiger partial charge in [0, 0.05) is 37.8 Å². The fourth-order valence-corrected chi connectivity index (χ4v) is 2.19. The van der Waals surface area contributed by atoms with Crippen LogP contribution in [0.15, 0.2) is 18.2 Å². The molecule has 1 saturated heterocycles. The molecule has 0 bridgehead atoms. The Kier molecular flexibility index (Phi) is 4.19. The van der Waals surface area contributed by atoms with Crippen LogP contribution in [0.4, 0.5) is 17.6 Å². The van der Waals surface area contributed by atoms with Gasteiger partial charge in [-0.3, -0.25) is 4.90 Å². The van der Waals surface area contributed by atoms with Crippen molar-refractivity contribution < 1.29 is 17.6 Å². The van der Waals surface area contributed by atoms with E-state index in [-0.39, 0.29) is 5.56 Å². The molecular formula is C12H14F4N2. The van der Waals surface area contributed by atoms with Crippen LogP contribution in [-0.2, 0) is 0 Å². The van der Waals surface area contributed by atoms with Gasteiger partial charge in [-0.2, -0.15) is 0 Å². The molecule has 1 heterocycles. The Bertz CT molecular complexity index is 405. The standard InChI is InChI=1S/C12H14F4N2/c13-8-1-2-9(10(14)7-8)11(12(15)16)18-5-3-17-4-6-18/h1-2,7,11-12,17H,3-6H2/t11-/m1/s1. The fourth-order valence-electron chi connectivity index (χ4n) is 2.19. The second-order valence-corrected chi connectivity index (χ2v) is 4.23. The Balaban J connectivity index is 2.28. The van der Waals surface area contributed by atoms with Gasteiger partial charge in [0.15, 0.2) is 0 Å². The van der Waals surface area contributed by atoms with Crippen LogP contribution in [-0.4, -0.2) is 37.5 Å². The molecule has 1 N–H and O–H groups in total. The van der Waals surface area contributed by atoms with E-state index in [0.29, 0.717) is 32.2 Å². The summed E-state index contributed by atoms with van der Waals surface area (Å²) in [5.74, 6) is -1.68. The minimum Gasteiger partial charge on any atom is -0.314 e. The summed E-state index contributed by atoms with van der Waals surface area (Å²) in [5.41, 5.74) is -0.145. The van der Waals surface area contributed by atoms with Crippen molar-refractivity contribution in [3.8, 4) is 0 Å². The average molecular weight is 262 g/mol. The van der Waals surface area contributed by atoms with Gasteiger partial charge in [0.2, 0.25) is 0 Å². The lowest BCUT2D eigenvalue weighted by atomic mass is 10.0. The Morgan fingerprint density at radius 1 is 1.11 bits per heavy atom. The summed E-state index contributed by atoms with van der Waals surface area (Å²) >= 11 is 0. The van der Waals surface area contributed by atoms with Gasteiger partial charge in [-0.1, -0.05) is 6.07 Å². The maximum atomic E-state index is 13.6. The third kappa shape index (κ3) is 2.81. The first kappa shape index (κ1) is 13.3. The zero-order valence-electron chi connectivity index (χ0n) is 9.67. The van der Waals surface area contributed by atoms with Gasteiger partial charge in [-0.05, 0) is 6.07 Å². The molecule has 0 unspecified atom stereocenters. The Hall–Kier alpha value is -1.14. The van der Waals surface area contributed by atoms with E-state index in [1.54, 1.807) is 0 Å². The predicted molar refractivity (Wildman–Crippen MR) is 59.5 cm³/mol. The van der Waals surface area contributed by atoms with Crippen LogP contribution in [0.2, 0.25) is 0 Å². The number of nitrogens with one attached hydrogen (secondary N) is 1. The van der Waals surface area contributed by atoms with Gasteiger partial charge in [0.25, 0.3) is 6.43 Å². The van der Waals surface area contributed by atoms with Crippen LogP contribution in [0.5, 0.6) is 0 Å². The number of rotatable bonds is 3. The predicted octanol–water partition coefficient (Wildman–Crippen LogP) is 2.18. The minimum absolute atomic E-state index is 0.145. The maximum absolute atomic E-state index is 13.6. The molecule has 2 nitrogen and oxygen atoms in total. The molecule has 0 radical (unpaired) electrons. The van der Waals surface area contributed by atoms with E-state index in [0.717, 1.165) is 12.1 Å². The van der Waals surface area contributed by atoms with E-state index >= 15 is 0 Å². The van der Waals surface area contributed by atoms with E-state index in [9.17, 15) is 17.6 Å². The first-order valence-corrected chi connectivity index (χ1v) is 5.77. The number of benzene rings is 1. The molecule has 18 heavy (non-hydrogen) atoms. The molecular weight excluding hydrogens is 248 g/mol. The van der Waals surface area contributed by atoms with Crippen molar-refractivity contribution in [2.45, 2.75) is 12.5 Å². The largest absolute Gasteiger partial charge is 0.314 e. The number of hydrogen-bond acceptors (Lipinski definition) is 2. The number of hydrogen-bond donors (Lipinski definition) is 1. The smallest absolute Gasteiger partial charge is 0.258 e. The number of alkyl halides is 2. The lowest BCUT2D eigenvalue weighted by Gasteiger charge is -2.34. The first-order valence-electron chi connectivity index (χ1n) is 5.77. The highest BCUT2D eigenvalue weighted by molar-refractivity contribution is 5.23. The highest BCUT2D eigenvalue weighted by Gasteiger charge is 2.32. The van der Waals surface area contributed by atoms with Crippen LogP contribution in [0.1, 0.15) is 11.6 Å². The van der Waals surface area contributed by atoms with Crippen molar-refractivity contribution in [2.24, 2.45) is 0 Å².